The molecule has 3 rings (SSSR count). The molecular weight excluding hydrogens is 332 g/mol. The van der Waals surface area contributed by atoms with Gasteiger partial charge < -0.3 is 9.80 Å². The minimum atomic E-state index is 0.254. The van der Waals surface area contributed by atoms with E-state index in [1.165, 1.54) is 0 Å². The topological polar surface area (TPSA) is 49.3 Å². The molecule has 6 heteroatoms. The van der Waals surface area contributed by atoms with Gasteiger partial charge in [0.25, 0.3) is 0 Å². The summed E-state index contributed by atoms with van der Waals surface area (Å²) in [5, 5.41) is 4.09. The molecule has 0 atom stereocenters. The van der Waals surface area contributed by atoms with Gasteiger partial charge in [-0.15, -0.1) is 0 Å². The first-order valence-corrected chi connectivity index (χ1v) is 9.78. The van der Waals surface area contributed by atoms with Crippen molar-refractivity contribution in [3.8, 4) is 0 Å². The minimum Gasteiger partial charge on any atom is -0.342 e. The molecule has 0 N–H and O–H groups in total. The first-order chi connectivity index (χ1) is 12.1. The Labute approximate surface area is 153 Å². The molecule has 1 fully saturated rings. The van der Waals surface area contributed by atoms with Crippen LogP contribution in [0.2, 0.25) is 0 Å². The lowest BCUT2D eigenvalue weighted by Gasteiger charge is -2.32. The van der Waals surface area contributed by atoms with E-state index in [1.54, 1.807) is 11.3 Å². The van der Waals surface area contributed by atoms with Crippen LogP contribution in [0.15, 0.2) is 29.2 Å². The molecule has 0 aromatic carbocycles. The average molecular weight is 359 g/mol. The Morgan fingerprint density at radius 3 is 2.56 bits per heavy atom. The molecule has 5 nitrogen and oxygen atoms in total. The van der Waals surface area contributed by atoms with Gasteiger partial charge in [0, 0.05) is 25.8 Å². The minimum absolute atomic E-state index is 0.254. The largest absolute Gasteiger partial charge is 0.342 e. The molecular formula is C19H26N4OS. The van der Waals surface area contributed by atoms with E-state index < -0.39 is 0 Å². The third kappa shape index (κ3) is 5.34. The highest BCUT2D eigenvalue weighted by molar-refractivity contribution is 7.07. The number of thiophene rings is 1. The lowest BCUT2D eigenvalue weighted by molar-refractivity contribution is -0.131. The predicted molar refractivity (Wildman–Crippen MR) is 100 cm³/mol. The number of amides is 1. The van der Waals surface area contributed by atoms with Gasteiger partial charge in [-0.2, -0.15) is 11.3 Å². The fraction of sp³-hybridized carbons (Fsp3) is 0.526. The summed E-state index contributed by atoms with van der Waals surface area (Å²) in [6.07, 6.45) is 7.39. The van der Waals surface area contributed by atoms with Crippen LogP contribution in [-0.2, 0) is 24.2 Å². The number of likely N-dealkylation sites (tertiary alicyclic amines) is 1. The summed E-state index contributed by atoms with van der Waals surface area (Å²) in [6.45, 7) is 2.54. The average Bonchev–Trinajstić information content (AvgIpc) is 3.10. The van der Waals surface area contributed by atoms with Crippen molar-refractivity contribution in [3.05, 3.63) is 46.2 Å². The lowest BCUT2D eigenvalue weighted by Crippen LogP contribution is -2.39. The molecule has 25 heavy (non-hydrogen) atoms. The van der Waals surface area contributed by atoms with Crippen LogP contribution in [0.1, 0.15) is 29.8 Å². The van der Waals surface area contributed by atoms with E-state index >= 15 is 0 Å². The van der Waals surface area contributed by atoms with Crippen LogP contribution < -0.4 is 0 Å². The van der Waals surface area contributed by atoms with Crippen molar-refractivity contribution in [1.82, 2.24) is 19.8 Å². The molecule has 2 aromatic heterocycles. The third-order valence-corrected chi connectivity index (χ3v) is 5.37. The van der Waals surface area contributed by atoms with Gasteiger partial charge >= 0.3 is 0 Å². The first-order valence-electron chi connectivity index (χ1n) is 8.83. The van der Waals surface area contributed by atoms with Crippen LogP contribution in [0.25, 0.3) is 0 Å². The zero-order chi connectivity index (χ0) is 17.6. The Morgan fingerprint density at radius 1 is 1.24 bits per heavy atom. The van der Waals surface area contributed by atoms with Gasteiger partial charge in [0.2, 0.25) is 5.91 Å². The highest BCUT2D eigenvalue weighted by Crippen LogP contribution is 2.21. The molecule has 2 aromatic rings. The highest BCUT2D eigenvalue weighted by Gasteiger charge is 2.23. The van der Waals surface area contributed by atoms with Crippen molar-refractivity contribution in [2.75, 3.05) is 27.2 Å². The van der Waals surface area contributed by atoms with Gasteiger partial charge in [-0.05, 0) is 61.7 Å². The molecule has 0 spiro atoms. The van der Waals surface area contributed by atoms with Gasteiger partial charge in [-0.25, -0.2) is 0 Å². The fourth-order valence-electron chi connectivity index (χ4n) is 3.25. The number of carbonyl (C=O) groups excluding carboxylic acids is 1. The fourth-order valence-corrected chi connectivity index (χ4v) is 3.92. The number of hydrogen-bond acceptors (Lipinski definition) is 5. The Balaban J connectivity index is 1.45. The van der Waals surface area contributed by atoms with Crippen LogP contribution in [-0.4, -0.2) is 52.9 Å². The molecule has 1 saturated heterocycles. The summed E-state index contributed by atoms with van der Waals surface area (Å²) < 4.78 is 0. The summed E-state index contributed by atoms with van der Waals surface area (Å²) in [7, 11) is 4.06. The second-order valence-electron chi connectivity index (χ2n) is 7.07. The summed E-state index contributed by atoms with van der Waals surface area (Å²) in [4.78, 5) is 25.5. The standard InChI is InChI=1S/C19H26N4OS/c1-22(2)13-18-12-20-17(11-21-18)9-15-3-6-23(7-4-15)19(24)10-16-5-8-25-14-16/h5,8,11-12,14-15H,3-4,6-7,9-10,13H2,1-2H3. The predicted octanol–water partition coefficient (Wildman–Crippen LogP) is 2.62. The summed E-state index contributed by atoms with van der Waals surface area (Å²) in [5.74, 6) is 0.851. The monoisotopic (exact) mass is 358 g/mol. The highest BCUT2D eigenvalue weighted by atomic mass is 32.1. The van der Waals surface area contributed by atoms with Crippen LogP contribution in [0.5, 0.6) is 0 Å². The summed E-state index contributed by atoms with van der Waals surface area (Å²) >= 11 is 1.65. The number of carbonyl (C=O) groups is 1. The van der Waals surface area contributed by atoms with Gasteiger partial charge in [0.1, 0.15) is 0 Å². The first kappa shape index (κ1) is 18.0. The Morgan fingerprint density at radius 2 is 1.96 bits per heavy atom. The van der Waals surface area contributed by atoms with Gasteiger partial charge in [-0.3, -0.25) is 14.8 Å². The molecule has 0 unspecified atom stereocenters. The molecule has 1 aliphatic heterocycles. The molecule has 134 valence electrons. The SMILES string of the molecule is CN(C)Cc1cnc(CC2CCN(C(=O)Cc3ccsc3)CC2)cn1. The van der Waals surface area contributed by atoms with Crippen molar-refractivity contribution < 1.29 is 4.79 Å². The second-order valence-corrected chi connectivity index (χ2v) is 7.85. The quantitative estimate of drug-likeness (QED) is 0.796. The molecule has 1 aliphatic rings. The van der Waals surface area contributed by atoms with Crippen LogP contribution in [0.3, 0.4) is 0 Å². The van der Waals surface area contributed by atoms with E-state index in [1.807, 2.05) is 42.8 Å². The lowest BCUT2D eigenvalue weighted by atomic mass is 9.92. The Kier molecular flexibility index (Phi) is 6.15. The van der Waals surface area contributed by atoms with Crippen LogP contribution in [0.4, 0.5) is 0 Å². The molecule has 0 saturated carbocycles. The van der Waals surface area contributed by atoms with Gasteiger partial charge in [-0.1, -0.05) is 0 Å². The molecule has 3 heterocycles. The van der Waals surface area contributed by atoms with Crippen molar-refractivity contribution in [1.29, 1.82) is 0 Å². The zero-order valence-corrected chi connectivity index (χ0v) is 15.8. The Bertz CT molecular complexity index is 661. The smallest absolute Gasteiger partial charge is 0.227 e. The van der Waals surface area contributed by atoms with E-state index in [0.717, 1.165) is 55.8 Å². The normalized spacial score (nSPS) is 15.7. The third-order valence-electron chi connectivity index (χ3n) is 4.64. The number of nitrogens with zero attached hydrogens (tertiary/aromatic N) is 4. The summed E-state index contributed by atoms with van der Waals surface area (Å²) in [5.41, 5.74) is 3.19. The zero-order valence-electron chi connectivity index (χ0n) is 15.0. The molecule has 1 amide bonds. The van der Waals surface area contributed by atoms with Crippen molar-refractivity contribution >= 4 is 17.2 Å². The maximum absolute atomic E-state index is 12.4. The van der Waals surface area contributed by atoms with E-state index in [2.05, 4.69) is 20.2 Å². The summed E-state index contributed by atoms with van der Waals surface area (Å²) in [6, 6.07) is 2.04. The second kappa shape index (κ2) is 8.54. The van der Waals surface area contributed by atoms with E-state index in [0.29, 0.717) is 12.3 Å². The van der Waals surface area contributed by atoms with E-state index in [4.69, 9.17) is 0 Å². The molecule has 0 radical (unpaired) electrons. The van der Waals surface area contributed by atoms with Crippen LogP contribution >= 0.6 is 11.3 Å². The maximum Gasteiger partial charge on any atom is 0.227 e. The van der Waals surface area contributed by atoms with Crippen molar-refractivity contribution in [2.45, 2.75) is 32.2 Å². The van der Waals surface area contributed by atoms with Crippen LogP contribution in [0, 0.1) is 5.92 Å². The Hall–Kier alpha value is -1.79. The number of piperidine rings is 1. The van der Waals surface area contributed by atoms with E-state index in [9.17, 15) is 4.79 Å². The van der Waals surface area contributed by atoms with Gasteiger partial charge in [0.05, 0.1) is 24.0 Å². The van der Waals surface area contributed by atoms with Crippen molar-refractivity contribution in [2.24, 2.45) is 5.92 Å². The number of hydrogen-bond donors (Lipinski definition) is 0. The van der Waals surface area contributed by atoms with Gasteiger partial charge in [0.15, 0.2) is 0 Å². The number of rotatable bonds is 6. The number of aromatic nitrogens is 2. The maximum atomic E-state index is 12.4. The van der Waals surface area contributed by atoms with Crippen molar-refractivity contribution in [3.63, 3.8) is 0 Å². The van der Waals surface area contributed by atoms with E-state index in [-0.39, 0.29) is 5.91 Å². The molecule has 0 bridgehead atoms. The molecule has 0 aliphatic carbocycles.